The molecule has 0 aromatic carbocycles. The second kappa shape index (κ2) is 4.51. The average molecular weight is 134 g/mol. The van der Waals surface area contributed by atoms with Crippen LogP contribution in [0.4, 0.5) is 5.13 Å². The molecule has 0 amide bonds. The Hall–Kier alpha value is -0.650. The Morgan fingerprint density at radius 2 is 2.25 bits per heavy atom. The van der Waals surface area contributed by atoms with E-state index in [2.05, 4.69) is 4.98 Å². The van der Waals surface area contributed by atoms with Crippen molar-refractivity contribution in [3.05, 3.63) is 11.6 Å². The van der Waals surface area contributed by atoms with Crippen molar-refractivity contribution < 1.29 is 10.5 Å². The molecular formula is C3H6N2O2S. The van der Waals surface area contributed by atoms with Gasteiger partial charge in [-0.05, 0) is 0 Å². The van der Waals surface area contributed by atoms with E-state index in [9.17, 15) is 0 Å². The van der Waals surface area contributed by atoms with Crippen LogP contribution in [0.5, 0.6) is 0 Å². The molecule has 0 spiro atoms. The molecule has 1 heterocycles. The molecule has 0 atom stereocenters. The number of anilines is 1. The Balaban J connectivity index is 0.000000222. The van der Waals surface area contributed by atoms with Gasteiger partial charge in [0.1, 0.15) is 0 Å². The number of rotatable bonds is 0. The molecule has 0 aliphatic carbocycles. The molecule has 1 aromatic rings. The van der Waals surface area contributed by atoms with Crippen molar-refractivity contribution in [3.8, 4) is 0 Å². The first-order valence-electron chi connectivity index (χ1n) is 1.74. The number of hydrogen-bond donors (Lipinski definition) is 3. The molecule has 1 aromatic heterocycles. The Labute approximate surface area is 50.2 Å². The van der Waals surface area contributed by atoms with E-state index in [1.54, 1.807) is 6.20 Å². The Bertz CT molecular complexity index is 119. The molecule has 0 radical (unpaired) electrons. The molecule has 1 rings (SSSR count). The first-order chi connectivity index (χ1) is 3.89. The minimum atomic E-state index is 0.634. The van der Waals surface area contributed by atoms with E-state index in [1.807, 2.05) is 5.38 Å². The lowest BCUT2D eigenvalue weighted by atomic mass is 11.0. The zero-order valence-corrected chi connectivity index (χ0v) is 4.80. The lowest BCUT2D eigenvalue weighted by molar-refractivity contribution is -0.176. The summed E-state index contributed by atoms with van der Waals surface area (Å²) in [4.78, 5) is 3.71. The lowest BCUT2D eigenvalue weighted by Gasteiger charge is -1.67. The average Bonchev–Trinajstić information content (AvgIpc) is 2.24. The van der Waals surface area contributed by atoms with Gasteiger partial charge in [-0.2, -0.15) is 0 Å². The first-order valence-corrected chi connectivity index (χ1v) is 2.62. The third kappa shape index (κ3) is 2.51. The van der Waals surface area contributed by atoms with Gasteiger partial charge >= 0.3 is 0 Å². The fraction of sp³-hybridized carbons (Fsp3) is 0. The van der Waals surface area contributed by atoms with E-state index in [-0.39, 0.29) is 0 Å². The van der Waals surface area contributed by atoms with Crippen LogP contribution in [0.25, 0.3) is 0 Å². The topological polar surface area (TPSA) is 79.4 Å². The van der Waals surface area contributed by atoms with Crippen LogP contribution in [-0.4, -0.2) is 15.5 Å². The summed E-state index contributed by atoms with van der Waals surface area (Å²) in [6.07, 6.45) is 1.68. The second-order valence-electron chi connectivity index (χ2n) is 0.870. The van der Waals surface area contributed by atoms with Crippen molar-refractivity contribution in [2.75, 3.05) is 5.73 Å². The molecule has 0 aliphatic heterocycles. The highest BCUT2D eigenvalue weighted by atomic mass is 32.1. The quantitative estimate of drug-likeness (QED) is 0.361. The molecule has 0 saturated heterocycles. The van der Waals surface area contributed by atoms with Gasteiger partial charge in [0.05, 0.1) is 0 Å². The van der Waals surface area contributed by atoms with E-state index in [4.69, 9.17) is 16.2 Å². The number of nitrogen functional groups attached to an aromatic ring is 1. The van der Waals surface area contributed by atoms with Gasteiger partial charge in [0.15, 0.2) is 5.13 Å². The molecular weight excluding hydrogens is 128 g/mol. The fourth-order valence-electron chi connectivity index (χ4n) is 0.234. The van der Waals surface area contributed by atoms with Crippen LogP contribution in [0, 0.1) is 0 Å². The van der Waals surface area contributed by atoms with Crippen molar-refractivity contribution >= 4 is 16.5 Å². The fourth-order valence-corrected chi connectivity index (χ4v) is 0.617. The van der Waals surface area contributed by atoms with Crippen molar-refractivity contribution in [2.45, 2.75) is 0 Å². The maximum Gasteiger partial charge on any atom is 0.179 e. The lowest BCUT2D eigenvalue weighted by Crippen LogP contribution is -1.77. The summed E-state index contributed by atoms with van der Waals surface area (Å²) in [5.74, 6) is 0. The molecule has 46 valence electrons. The predicted octanol–water partition coefficient (Wildman–Crippen LogP) is 0.743. The standard InChI is InChI=1S/C3H4N2S.H2O2/c4-3-5-1-2-6-3;1-2/h1-2H,(H2,4,5);1-2H. The number of aromatic nitrogens is 1. The molecule has 5 heteroatoms. The molecule has 0 saturated carbocycles. The van der Waals surface area contributed by atoms with E-state index in [0.29, 0.717) is 5.13 Å². The van der Waals surface area contributed by atoms with Crippen LogP contribution in [-0.2, 0) is 0 Å². The van der Waals surface area contributed by atoms with Crippen LogP contribution in [0.15, 0.2) is 11.6 Å². The van der Waals surface area contributed by atoms with Crippen LogP contribution in [0.1, 0.15) is 0 Å². The van der Waals surface area contributed by atoms with Crippen LogP contribution >= 0.6 is 11.3 Å². The Morgan fingerprint density at radius 3 is 2.38 bits per heavy atom. The smallest absolute Gasteiger partial charge is 0.179 e. The summed E-state index contributed by atoms with van der Waals surface area (Å²) < 4.78 is 0. The molecule has 4 nitrogen and oxygen atoms in total. The van der Waals surface area contributed by atoms with Crippen LogP contribution < -0.4 is 5.73 Å². The highest BCUT2D eigenvalue weighted by Gasteiger charge is 1.76. The van der Waals surface area contributed by atoms with Gasteiger partial charge in [0.25, 0.3) is 0 Å². The second-order valence-corrected chi connectivity index (χ2v) is 1.80. The third-order valence-electron chi connectivity index (χ3n) is 0.451. The van der Waals surface area contributed by atoms with Gasteiger partial charge in [-0.3, -0.25) is 10.5 Å². The van der Waals surface area contributed by atoms with E-state index in [0.717, 1.165) is 0 Å². The van der Waals surface area contributed by atoms with Crippen LogP contribution in [0.2, 0.25) is 0 Å². The van der Waals surface area contributed by atoms with Gasteiger partial charge in [0, 0.05) is 11.6 Å². The molecule has 0 bridgehead atoms. The van der Waals surface area contributed by atoms with Crippen molar-refractivity contribution in [1.82, 2.24) is 4.98 Å². The van der Waals surface area contributed by atoms with Crippen molar-refractivity contribution in [1.29, 1.82) is 0 Å². The van der Waals surface area contributed by atoms with Crippen LogP contribution in [0.3, 0.4) is 0 Å². The highest BCUT2D eigenvalue weighted by molar-refractivity contribution is 7.13. The van der Waals surface area contributed by atoms with E-state index >= 15 is 0 Å². The summed E-state index contributed by atoms with van der Waals surface area (Å²) in [5.41, 5.74) is 5.19. The van der Waals surface area contributed by atoms with E-state index < -0.39 is 0 Å². The highest BCUT2D eigenvalue weighted by Crippen LogP contribution is 2.02. The minimum absolute atomic E-state index is 0.634. The summed E-state index contributed by atoms with van der Waals surface area (Å²) in [5, 5.41) is 14.5. The summed E-state index contributed by atoms with van der Waals surface area (Å²) in [7, 11) is 0. The number of thiazole rings is 1. The SMILES string of the molecule is Nc1nccs1.OO. The summed E-state index contributed by atoms with van der Waals surface area (Å²) in [6.45, 7) is 0. The van der Waals surface area contributed by atoms with Crippen molar-refractivity contribution in [3.63, 3.8) is 0 Å². The van der Waals surface area contributed by atoms with Gasteiger partial charge in [-0.1, -0.05) is 0 Å². The number of hydrogen-bond acceptors (Lipinski definition) is 5. The monoisotopic (exact) mass is 134 g/mol. The van der Waals surface area contributed by atoms with Gasteiger partial charge in [-0.25, -0.2) is 4.98 Å². The normalized spacial score (nSPS) is 7.25. The summed E-state index contributed by atoms with van der Waals surface area (Å²) in [6, 6.07) is 0. The van der Waals surface area contributed by atoms with Crippen molar-refractivity contribution in [2.24, 2.45) is 0 Å². The third-order valence-corrected chi connectivity index (χ3v) is 1.06. The first kappa shape index (κ1) is 7.35. The molecule has 4 N–H and O–H groups in total. The maximum atomic E-state index is 6.00. The largest absolute Gasteiger partial charge is 0.375 e. The molecule has 0 fully saturated rings. The molecule has 0 unspecified atom stereocenters. The maximum absolute atomic E-state index is 6.00. The Morgan fingerprint density at radius 1 is 1.62 bits per heavy atom. The number of nitrogens with zero attached hydrogens (tertiary/aromatic N) is 1. The Kier molecular flexibility index (Phi) is 4.14. The summed E-state index contributed by atoms with van der Waals surface area (Å²) >= 11 is 1.44. The zero-order chi connectivity index (χ0) is 6.41. The molecule has 0 aliphatic rings. The number of nitrogens with two attached hydrogens (primary N) is 1. The zero-order valence-electron chi connectivity index (χ0n) is 3.98. The predicted molar refractivity (Wildman–Crippen MR) is 31.8 cm³/mol. The van der Waals surface area contributed by atoms with Gasteiger partial charge in [-0.15, -0.1) is 11.3 Å². The minimum Gasteiger partial charge on any atom is -0.375 e. The van der Waals surface area contributed by atoms with Gasteiger partial charge < -0.3 is 5.73 Å². The molecule has 8 heavy (non-hydrogen) atoms. The van der Waals surface area contributed by atoms with E-state index in [1.165, 1.54) is 11.3 Å². The van der Waals surface area contributed by atoms with Gasteiger partial charge in [0.2, 0.25) is 0 Å².